The number of carbonyl (C=O) groups excluding carboxylic acids is 1. The highest BCUT2D eigenvalue weighted by atomic mass is 16.5. The highest BCUT2D eigenvalue weighted by molar-refractivity contribution is 5.82. The maximum absolute atomic E-state index is 10.8. The fraction of sp³-hybridized carbons (Fsp3) is 0.250. The zero-order chi connectivity index (χ0) is 17.8. The summed E-state index contributed by atoms with van der Waals surface area (Å²) in [5, 5.41) is 4.61. The van der Waals surface area contributed by atoms with E-state index in [1.54, 1.807) is 6.07 Å². The third kappa shape index (κ3) is 4.00. The Balaban J connectivity index is 1.67. The van der Waals surface area contributed by atoms with Gasteiger partial charge in [0.05, 0.1) is 6.04 Å². The van der Waals surface area contributed by atoms with Gasteiger partial charge in [-0.2, -0.15) is 0 Å². The van der Waals surface area contributed by atoms with Crippen LogP contribution < -0.4 is 15.8 Å². The first-order valence-electron chi connectivity index (χ1n) is 8.26. The lowest BCUT2D eigenvalue weighted by atomic mass is 10.1. The zero-order valence-corrected chi connectivity index (χ0v) is 14.4. The number of benzene rings is 2. The Bertz CT molecular complexity index is 886. The van der Waals surface area contributed by atoms with Crippen LogP contribution in [0, 0.1) is 6.92 Å². The van der Waals surface area contributed by atoms with E-state index < -0.39 is 5.91 Å². The number of hydrogen-bond acceptors (Lipinski definition) is 4. The number of rotatable bonds is 7. The number of ether oxygens (including phenoxy) is 1. The van der Waals surface area contributed by atoms with Crippen LogP contribution in [0.3, 0.4) is 0 Å². The molecular formula is C20H22N2O3. The third-order valence-corrected chi connectivity index (χ3v) is 4.17. The van der Waals surface area contributed by atoms with Gasteiger partial charge in [-0.25, -0.2) is 0 Å². The number of primary amides is 1. The van der Waals surface area contributed by atoms with Gasteiger partial charge in [-0.3, -0.25) is 4.79 Å². The molecule has 3 aromatic rings. The predicted molar refractivity (Wildman–Crippen MR) is 97.3 cm³/mol. The predicted octanol–water partition coefficient (Wildman–Crippen LogP) is 3.46. The van der Waals surface area contributed by atoms with Gasteiger partial charge in [0.25, 0.3) is 5.91 Å². The maximum atomic E-state index is 10.8. The Kier molecular flexibility index (Phi) is 5.05. The summed E-state index contributed by atoms with van der Waals surface area (Å²) in [7, 11) is 0. The number of nitrogens with two attached hydrogens (primary N) is 1. The van der Waals surface area contributed by atoms with E-state index in [0.29, 0.717) is 12.3 Å². The SMILES string of the molecule is Cc1c([C@H](C)NCc2cccc(OCC(N)=O)c2)oc2ccccc12. The minimum absolute atomic E-state index is 0.0718. The van der Waals surface area contributed by atoms with Crippen LogP contribution in [0.15, 0.2) is 52.9 Å². The number of hydrogen-bond donors (Lipinski definition) is 2. The molecule has 0 unspecified atom stereocenters. The number of fused-ring (bicyclic) bond motifs is 1. The molecule has 0 bridgehead atoms. The summed E-state index contributed by atoms with van der Waals surface area (Å²) >= 11 is 0. The van der Waals surface area contributed by atoms with Crippen LogP contribution in [-0.2, 0) is 11.3 Å². The van der Waals surface area contributed by atoms with E-state index in [1.165, 1.54) is 0 Å². The van der Waals surface area contributed by atoms with E-state index in [0.717, 1.165) is 27.9 Å². The molecule has 1 aromatic heterocycles. The van der Waals surface area contributed by atoms with Gasteiger partial charge >= 0.3 is 0 Å². The minimum Gasteiger partial charge on any atom is -0.484 e. The molecule has 1 heterocycles. The molecule has 2 aromatic carbocycles. The topological polar surface area (TPSA) is 77.5 Å². The van der Waals surface area contributed by atoms with Crippen molar-refractivity contribution < 1.29 is 13.9 Å². The molecule has 3 N–H and O–H groups in total. The minimum atomic E-state index is -0.488. The molecule has 3 rings (SSSR count). The van der Waals surface area contributed by atoms with E-state index in [1.807, 2.05) is 36.4 Å². The highest BCUT2D eigenvalue weighted by Crippen LogP contribution is 2.29. The number of nitrogens with one attached hydrogen (secondary N) is 1. The molecular weight excluding hydrogens is 316 g/mol. The van der Waals surface area contributed by atoms with E-state index >= 15 is 0 Å². The molecule has 25 heavy (non-hydrogen) atoms. The van der Waals surface area contributed by atoms with Crippen molar-refractivity contribution in [1.82, 2.24) is 5.32 Å². The van der Waals surface area contributed by atoms with Gasteiger partial charge in [0.15, 0.2) is 6.61 Å². The molecule has 0 aliphatic heterocycles. The second-order valence-electron chi connectivity index (χ2n) is 6.09. The van der Waals surface area contributed by atoms with E-state index in [-0.39, 0.29) is 12.6 Å². The smallest absolute Gasteiger partial charge is 0.255 e. The summed E-state index contributed by atoms with van der Waals surface area (Å²) in [6, 6.07) is 15.7. The van der Waals surface area contributed by atoms with Gasteiger partial charge in [-0.1, -0.05) is 30.3 Å². The van der Waals surface area contributed by atoms with Crippen molar-refractivity contribution in [2.24, 2.45) is 5.73 Å². The summed E-state index contributed by atoms with van der Waals surface area (Å²) in [5.41, 5.74) is 8.23. The lowest BCUT2D eigenvalue weighted by molar-refractivity contribution is -0.119. The van der Waals surface area contributed by atoms with Crippen LogP contribution >= 0.6 is 0 Å². The Morgan fingerprint density at radius 3 is 2.80 bits per heavy atom. The van der Waals surface area contributed by atoms with Crippen molar-refractivity contribution in [1.29, 1.82) is 0 Å². The highest BCUT2D eigenvalue weighted by Gasteiger charge is 2.16. The number of aryl methyl sites for hydroxylation is 1. The molecule has 0 aliphatic rings. The molecule has 0 radical (unpaired) electrons. The van der Waals surface area contributed by atoms with Crippen molar-refractivity contribution in [2.45, 2.75) is 26.4 Å². The summed E-state index contributed by atoms with van der Waals surface area (Å²) in [5.74, 6) is 1.09. The summed E-state index contributed by atoms with van der Waals surface area (Å²) in [6.45, 7) is 4.70. The second-order valence-corrected chi connectivity index (χ2v) is 6.09. The Hall–Kier alpha value is -2.79. The van der Waals surface area contributed by atoms with Crippen LogP contribution in [0.1, 0.15) is 29.9 Å². The summed E-state index contributed by atoms with van der Waals surface area (Å²) in [4.78, 5) is 10.8. The third-order valence-electron chi connectivity index (χ3n) is 4.17. The Morgan fingerprint density at radius 2 is 2.04 bits per heavy atom. The van der Waals surface area contributed by atoms with Crippen molar-refractivity contribution in [2.75, 3.05) is 6.61 Å². The zero-order valence-electron chi connectivity index (χ0n) is 14.4. The molecule has 0 aliphatic carbocycles. The number of furan rings is 1. The molecule has 1 amide bonds. The standard InChI is InChI=1S/C20H22N2O3/c1-13-17-8-3-4-9-18(17)25-20(13)14(2)22-11-15-6-5-7-16(10-15)24-12-19(21)23/h3-10,14,22H,11-12H2,1-2H3,(H2,21,23)/t14-/m0/s1. The van der Waals surface area contributed by atoms with Gasteiger partial charge in [0.1, 0.15) is 17.1 Å². The van der Waals surface area contributed by atoms with E-state index in [9.17, 15) is 4.79 Å². The van der Waals surface area contributed by atoms with Crippen LogP contribution in [-0.4, -0.2) is 12.5 Å². The molecule has 0 saturated carbocycles. The second kappa shape index (κ2) is 7.40. The molecule has 0 spiro atoms. The lowest BCUT2D eigenvalue weighted by Crippen LogP contribution is -2.20. The molecule has 5 nitrogen and oxygen atoms in total. The largest absolute Gasteiger partial charge is 0.484 e. The van der Waals surface area contributed by atoms with Crippen molar-refractivity contribution >= 4 is 16.9 Å². The average Bonchev–Trinajstić information content (AvgIpc) is 2.95. The number of carbonyl (C=O) groups is 1. The molecule has 130 valence electrons. The van der Waals surface area contributed by atoms with Crippen LogP contribution in [0.5, 0.6) is 5.75 Å². The maximum Gasteiger partial charge on any atom is 0.255 e. The van der Waals surface area contributed by atoms with Gasteiger partial charge in [0, 0.05) is 11.9 Å². The summed E-state index contributed by atoms with van der Waals surface area (Å²) < 4.78 is 11.3. The van der Waals surface area contributed by atoms with E-state index in [2.05, 4.69) is 25.2 Å². The fourth-order valence-corrected chi connectivity index (χ4v) is 2.87. The first-order valence-corrected chi connectivity index (χ1v) is 8.26. The van der Waals surface area contributed by atoms with Gasteiger partial charge in [-0.05, 0) is 43.2 Å². The lowest BCUT2D eigenvalue weighted by Gasteiger charge is -2.13. The van der Waals surface area contributed by atoms with Crippen molar-refractivity contribution in [3.05, 3.63) is 65.4 Å². The van der Waals surface area contributed by atoms with Gasteiger partial charge in [-0.15, -0.1) is 0 Å². The Labute approximate surface area is 146 Å². The quantitative estimate of drug-likeness (QED) is 0.691. The van der Waals surface area contributed by atoms with E-state index in [4.69, 9.17) is 14.9 Å². The van der Waals surface area contributed by atoms with Crippen molar-refractivity contribution in [3.8, 4) is 5.75 Å². The van der Waals surface area contributed by atoms with Crippen LogP contribution in [0.25, 0.3) is 11.0 Å². The first kappa shape index (κ1) is 17.0. The summed E-state index contributed by atoms with van der Waals surface area (Å²) in [6.07, 6.45) is 0. The monoisotopic (exact) mass is 338 g/mol. The van der Waals surface area contributed by atoms with Crippen LogP contribution in [0.4, 0.5) is 0 Å². The first-order chi connectivity index (χ1) is 12.0. The molecule has 0 saturated heterocycles. The van der Waals surface area contributed by atoms with Crippen LogP contribution in [0.2, 0.25) is 0 Å². The molecule has 0 fully saturated rings. The van der Waals surface area contributed by atoms with Gasteiger partial charge < -0.3 is 20.2 Å². The fourth-order valence-electron chi connectivity index (χ4n) is 2.87. The van der Waals surface area contributed by atoms with Gasteiger partial charge in [0.2, 0.25) is 0 Å². The number of para-hydroxylation sites is 1. The average molecular weight is 338 g/mol. The van der Waals surface area contributed by atoms with Crippen molar-refractivity contribution in [3.63, 3.8) is 0 Å². The normalized spacial score (nSPS) is 12.2. The molecule has 1 atom stereocenters. The number of amides is 1. The Morgan fingerprint density at radius 1 is 1.24 bits per heavy atom. The molecule has 5 heteroatoms.